The number of hydrogen-bond donors (Lipinski definition) is 3. The fourth-order valence-electron chi connectivity index (χ4n) is 3.83. The Hall–Kier alpha value is -1.77. The van der Waals surface area contributed by atoms with Gasteiger partial charge >= 0.3 is 5.97 Å². The number of H-pyrrole nitrogens is 1. The van der Waals surface area contributed by atoms with Gasteiger partial charge in [-0.05, 0) is 34.6 Å². The molecular formula is C18H25Cl2N3O5. The van der Waals surface area contributed by atoms with Gasteiger partial charge in [-0.3, -0.25) is 14.1 Å². The van der Waals surface area contributed by atoms with Crippen LogP contribution in [0, 0.1) is 12.3 Å². The highest BCUT2D eigenvalue weighted by Crippen LogP contribution is 2.40. The summed E-state index contributed by atoms with van der Waals surface area (Å²) < 4.78 is -0.517. The summed E-state index contributed by atoms with van der Waals surface area (Å²) in [7, 11) is 0. The van der Waals surface area contributed by atoms with Gasteiger partial charge in [0.15, 0.2) is 0 Å². The number of nitrogens with one attached hydrogen (secondary N) is 2. The van der Waals surface area contributed by atoms with Crippen molar-refractivity contribution in [3.63, 3.8) is 0 Å². The van der Waals surface area contributed by atoms with Crippen LogP contribution in [0.5, 0.6) is 0 Å². The Morgan fingerprint density at radius 3 is 2.25 bits per heavy atom. The van der Waals surface area contributed by atoms with E-state index in [1.807, 2.05) is 0 Å². The molecule has 1 saturated heterocycles. The van der Waals surface area contributed by atoms with E-state index in [2.05, 4.69) is 10.3 Å². The molecule has 3 atom stereocenters. The summed E-state index contributed by atoms with van der Waals surface area (Å²) in [6, 6.07) is -0.802. The number of quaternary nitrogens is 1. The Bertz CT molecular complexity index is 832. The average molecular weight is 434 g/mol. The van der Waals surface area contributed by atoms with E-state index in [9.17, 15) is 24.6 Å². The highest BCUT2D eigenvalue weighted by atomic mass is 35.5. The van der Waals surface area contributed by atoms with E-state index in [0.29, 0.717) is 5.69 Å². The largest absolute Gasteiger partial charge is 0.498 e. The second-order valence-corrected chi connectivity index (χ2v) is 9.33. The van der Waals surface area contributed by atoms with Crippen LogP contribution in [-0.4, -0.2) is 57.2 Å². The van der Waals surface area contributed by atoms with Crippen LogP contribution >= 0.6 is 23.2 Å². The number of piperidine rings is 1. The standard InChI is InChI=1S/C18H25Cl2N3O5/c1-9-11(19)12(20)13(21-9)14(24)22-10-6-7-23(16(27)28,17(2,3)4)8-18(10,5)15(25)26/h10H,6-8H2,1-5H3,(H3-,21,22,24,25,26,27,28)/t10?,18-,23+/m1/s1. The molecule has 28 heavy (non-hydrogen) atoms. The number of aliphatic carboxylic acids is 1. The summed E-state index contributed by atoms with van der Waals surface area (Å²) in [6.45, 7) is 8.18. The van der Waals surface area contributed by atoms with E-state index < -0.39 is 39.4 Å². The molecule has 3 N–H and O–H groups in total. The molecule has 0 spiro atoms. The fourth-order valence-corrected chi connectivity index (χ4v) is 4.24. The number of aromatic nitrogens is 1. The van der Waals surface area contributed by atoms with Gasteiger partial charge in [0, 0.05) is 12.1 Å². The zero-order chi connectivity index (χ0) is 21.7. The zero-order valence-corrected chi connectivity index (χ0v) is 18.0. The molecule has 156 valence electrons. The van der Waals surface area contributed by atoms with E-state index in [4.69, 9.17) is 23.2 Å². The molecule has 0 saturated carbocycles. The number of carboxylic acid groups (broad SMARTS) is 2. The van der Waals surface area contributed by atoms with Crippen LogP contribution in [0.25, 0.3) is 0 Å². The van der Waals surface area contributed by atoms with Crippen LogP contribution in [0.1, 0.15) is 50.3 Å². The topological polar surface area (TPSA) is 122 Å². The molecule has 1 aromatic heterocycles. The smallest absolute Gasteiger partial charge is 0.317 e. The van der Waals surface area contributed by atoms with Crippen LogP contribution in [-0.2, 0) is 4.79 Å². The number of halogens is 2. The van der Waals surface area contributed by atoms with Crippen LogP contribution in [0.4, 0.5) is 4.79 Å². The number of carboxylic acids is 1. The molecule has 10 heteroatoms. The monoisotopic (exact) mass is 433 g/mol. The van der Waals surface area contributed by atoms with Gasteiger partial charge in [-0.2, -0.15) is 0 Å². The lowest BCUT2D eigenvalue weighted by atomic mass is 9.74. The number of nitrogens with zero attached hydrogens (tertiary/aromatic N) is 1. The van der Waals surface area contributed by atoms with Crippen molar-refractivity contribution in [1.82, 2.24) is 10.3 Å². The van der Waals surface area contributed by atoms with Crippen molar-refractivity contribution >= 4 is 41.2 Å². The Morgan fingerprint density at radius 2 is 1.86 bits per heavy atom. The second kappa shape index (κ2) is 7.24. The van der Waals surface area contributed by atoms with E-state index in [0.717, 1.165) is 0 Å². The van der Waals surface area contributed by atoms with Crippen molar-refractivity contribution in [2.75, 3.05) is 13.1 Å². The highest BCUT2D eigenvalue weighted by Gasteiger charge is 2.58. The van der Waals surface area contributed by atoms with Crippen molar-refractivity contribution in [2.45, 2.75) is 52.6 Å². The molecule has 8 nitrogen and oxygen atoms in total. The predicted molar refractivity (Wildman–Crippen MR) is 102 cm³/mol. The predicted octanol–water partition coefficient (Wildman–Crippen LogP) is 2.18. The number of aromatic amines is 1. The first kappa shape index (κ1) is 22.5. The van der Waals surface area contributed by atoms with Gasteiger partial charge < -0.3 is 25.3 Å². The number of carbonyl (C=O) groups is 3. The van der Waals surface area contributed by atoms with Gasteiger partial charge in [0.2, 0.25) is 0 Å². The van der Waals surface area contributed by atoms with Gasteiger partial charge in [-0.1, -0.05) is 23.2 Å². The molecular weight excluding hydrogens is 409 g/mol. The highest BCUT2D eigenvalue weighted by molar-refractivity contribution is 6.44. The van der Waals surface area contributed by atoms with Crippen molar-refractivity contribution in [2.24, 2.45) is 5.41 Å². The van der Waals surface area contributed by atoms with Gasteiger partial charge in [-0.15, -0.1) is 0 Å². The number of rotatable bonds is 3. The average Bonchev–Trinajstić information content (AvgIpc) is 2.82. The zero-order valence-electron chi connectivity index (χ0n) is 16.5. The summed E-state index contributed by atoms with van der Waals surface area (Å²) in [6.07, 6.45) is -1.19. The molecule has 1 aliphatic heterocycles. The molecule has 2 heterocycles. The molecule has 1 aliphatic rings. The third-order valence-corrected chi connectivity index (χ3v) is 6.82. The summed E-state index contributed by atoms with van der Waals surface area (Å²) in [5, 5.41) is 24.9. The number of amides is 2. The molecule has 2 rings (SSSR count). The van der Waals surface area contributed by atoms with Crippen molar-refractivity contribution < 1.29 is 29.1 Å². The van der Waals surface area contributed by atoms with Crippen LogP contribution in [0.3, 0.4) is 0 Å². The molecule has 0 radical (unpaired) electrons. The quantitative estimate of drug-likeness (QED) is 0.630. The first-order valence-corrected chi connectivity index (χ1v) is 9.59. The third kappa shape index (κ3) is 3.49. The van der Waals surface area contributed by atoms with Crippen LogP contribution in [0.15, 0.2) is 0 Å². The maximum absolute atomic E-state index is 12.7. The van der Waals surface area contributed by atoms with E-state index >= 15 is 0 Å². The second-order valence-electron chi connectivity index (χ2n) is 8.58. The lowest BCUT2D eigenvalue weighted by Crippen LogP contribution is -2.76. The van der Waals surface area contributed by atoms with Crippen molar-refractivity contribution in [1.29, 1.82) is 0 Å². The van der Waals surface area contributed by atoms with Crippen LogP contribution in [0.2, 0.25) is 10.0 Å². The lowest BCUT2D eigenvalue weighted by Gasteiger charge is -2.55. The third-order valence-electron chi connectivity index (χ3n) is 5.88. The number of hydrogen-bond acceptors (Lipinski definition) is 4. The number of aryl methyl sites for hydroxylation is 1. The van der Waals surface area contributed by atoms with Crippen molar-refractivity contribution in [3.05, 3.63) is 21.4 Å². The van der Waals surface area contributed by atoms with E-state index in [1.54, 1.807) is 27.7 Å². The number of likely N-dealkylation sites (tertiary alicyclic amines) is 1. The fraction of sp³-hybridized carbons (Fsp3) is 0.611. The van der Waals surface area contributed by atoms with Crippen LogP contribution < -0.4 is 10.4 Å². The van der Waals surface area contributed by atoms with Gasteiger partial charge in [-0.25, -0.2) is 0 Å². The Kier molecular flexibility index (Phi) is 5.82. The molecule has 0 aromatic carbocycles. The SMILES string of the molecule is Cc1[nH]c(C(=O)NC2CC[N@+](C(=O)[O-])(C(C)(C)C)C[C@@]2(C)C(=O)O)c(Cl)c1Cl. The molecule has 1 fully saturated rings. The van der Waals surface area contributed by atoms with E-state index in [-0.39, 0.29) is 35.2 Å². The van der Waals surface area contributed by atoms with E-state index in [1.165, 1.54) is 6.92 Å². The molecule has 2 amide bonds. The minimum absolute atomic E-state index is 0.0407. The molecule has 0 aliphatic carbocycles. The van der Waals surface area contributed by atoms with Gasteiger partial charge in [0.25, 0.3) is 12.0 Å². The summed E-state index contributed by atoms with van der Waals surface area (Å²) >= 11 is 12.1. The van der Waals surface area contributed by atoms with Gasteiger partial charge in [0.1, 0.15) is 17.7 Å². The number of carbonyl (C=O) groups excluding carboxylic acids is 2. The Labute approximate surface area is 173 Å². The Morgan fingerprint density at radius 1 is 1.29 bits per heavy atom. The summed E-state index contributed by atoms with van der Waals surface area (Å²) in [5.41, 5.74) is -1.75. The first-order valence-electron chi connectivity index (χ1n) is 8.84. The minimum Gasteiger partial charge on any atom is -0.498 e. The summed E-state index contributed by atoms with van der Waals surface area (Å²) in [4.78, 5) is 39.6. The minimum atomic E-state index is -1.53. The Balaban J connectivity index is 2.39. The molecule has 0 bridgehead atoms. The summed E-state index contributed by atoms with van der Waals surface area (Å²) in [5.74, 6) is -1.79. The maximum atomic E-state index is 12.7. The normalized spacial score (nSPS) is 28.0. The van der Waals surface area contributed by atoms with Gasteiger partial charge in [0.05, 0.1) is 28.2 Å². The van der Waals surface area contributed by atoms with Crippen molar-refractivity contribution in [3.8, 4) is 0 Å². The first-order chi connectivity index (χ1) is 12.7. The lowest BCUT2D eigenvalue weighted by molar-refractivity contribution is -0.929. The molecule has 1 aromatic rings. The maximum Gasteiger partial charge on any atom is 0.317 e. The molecule has 1 unspecified atom stereocenters.